The molecule has 0 unspecified atom stereocenters. The van der Waals surface area contributed by atoms with Crippen LogP contribution in [-0.4, -0.2) is 60.1 Å². The Labute approximate surface area is 521 Å². The lowest BCUT2D eigenvalue weighted by Gasteiger charge is -2.16. The van der Waals surface area contributed by atoms with Crippen molar-refractivity contribution in [3.05, 3.63) is 140 Å². The van der Waals surface area contributed by atoms with Crippen molar-refractivity contribution in [1.82, 2.24) is 60.1 Å². The van der Waals surface area contributed by atoms with Crippen molar-refractivity contribution in [2.75, 3.05) is 0 Å². The summed E-state index contributed by atoms with van der Waals surface area (Å²) in [6.45, 7) is 75.8. The third kappa shape index (κ3) is 37.1. The third-order valence-corrected chi connectivity index (χ3v) is 13.2. The molecule has 480 valence electrons. The van der Waals surface area contributed by atoms with E-state index in [9.17, 15) is 0 Å². The summed E-state index contributed by atoms with van der Waals surface area (Å²) in [6, 6.07) is 2.11. The Morgan fingerprint density at radius 2 is 1.04 bits per heavy atom. The second kappa shape index (κ2) is 40.0. The third-order valence-electron chi connectivity index (χ3n) is 11.2. The van der Waals surface area contributed by atoms with Crippen molar-refractivity contribution in [3.63, 3.8) is 0 Å². The van der Waals surface area contributed by atoms with E-state index in [1.165, 1.54) is 37.7 Å². The highest BCUT2D eigenvalue weighted by Crippen LogP contribution is 2.29. The largest absolute Gasteiger partial charge is 0.445 e. The minimum Gasteiger partial charge on any atom is -0.445 e. The van der Waals surface area contributed by atoms with Gasteiger partial charge in [0, 0.05) is 81.4 Å². The van der Waals surface area contributed by atoms with Crippen LogP contribution < -0.4 is 0 Å². The van der Waals surface area contributed by atoms with Crippen LogP contribution in [0.5, 0.6) is 0 Å². The fourth-order valence-electron chi connectivity index (χ4n) is 6.14. The number of aromatic amines is 4. The number of hydrogen-bond donors (Lipinski definition) is 4. The highest BCUT2D eigenvalue weighted by atomic mass is 32.1. The van der Waals surface area contributed by atoms with Crippen molar-refractivity contribution in [2.45, 2.75) is 293 Å². The predicted molar refractivity (Wildman–Crippen MR) is 366 cm³/mol. The molecule has 0 bridgehead atoms. The van der Waals surface area contributed by atoms with E-state index in [0.29, 0.717) is 5.41 Å². The first-order chi connectivity index (χ1) is 38.5. The molecule has 0 spiro atoms. The van der Waals surface area contributed by atoms with E-state index in [2.05, 4.69) is 239 Å². The van der Waals surface area contributed by atoms with Gasteiger partial charge in [0.25, 0.3) is 0 Å². The summed E-state index contributed by atoms with van der Waals surface area (Å²) < 4.78 is 14.4. The van der Waals surface area contributed by atoms with Crippen molar-refractivity contribution in [1.29, 1.82) is 0 Å². The van der Waals surface area contributed by atoms with Gasteiger partial charge < -0.3 is 18.9 Å². The summed E-state index contributed by atoms with van der Waals surface area (Å²) in [5, 5.41) is 21.8. The highest BCUT2D eigenvalue weighted by Gasteiger charge is 2.21. The van der Waals surface area contributed by atoms with Gasteiger partial charge in [-0.25, -0.2) is 19.3 Å². The number of rotatable bonds is 0. The number of aromatic nitrogens is 12. The maximum absolute atomic E-state index is 5.34. The smallest absolute Gasteiger partial charge is 0.191 e. The summed E-state index contributed by atoms with van der Waals surface area (Å²) in [7, 11) is 0. The molecule has 16 heteroatoms. The van der Waals surface area contributed by atoms with Gasteiger partial charge in [0.05, 0.1) is 41.8 Å². The van der Waals surface area contributed by atoms with E-state index in [0.717, 1.165) is 28.1 Å². The molecule has 4 N–H and O–H groups in total. The van der Waals surface area contributed by atoms with Gasteiger partial charge in [0.15, 0.2) is 5.89 Å². The van der Waals surface area contributed by atoms with E-state index < -0.39 is 0 Å². The second-order valence-electron chi connectivity index (χ2n) is 27.0. The first-order valence-electron chi connectivity index (χ1n) is 30.1. The summed E-state index contributed by atoms with van der Waals surface area (Å²) in [5.41, 5.74) is 8.98. The van der Waals surface area contributed by atoms with Gasteiger partial charge >= 0.3 is 0 Å². The van der Waals surface area contributed by atoms with Crippen molar-refractivity contribution >= 4 is 22.9 Å². The van der Waals surface area contributed by atoms with Gasteiger partial charge in [-0.05, 0) is 82.1 Å². The SMILES string of the molecule is CC.CC.CC.CC.CC(C)(C)c1cc[nH]c1.CC(C)(C)c1cn[nH]c1.CC(C)(C)c1cn[nH]n1.CC(C)(C)c1cnc[nH]1.Cc1ncc(C(C)(C)C)o1.Cc1ncc(C(C)(C)C)s1.Cc1oncc1C(C)(C)C.Cc1sncc1C(C)(C)C. The normalized spacial score (nSPS) is 11.1. The van der Waals surface area contributed by atoms with E-state index in [1.54, 1.807) is 47.8 Å². The van der Waals surface area contributed by atoms with Gasteiger partial charge in [-0.2, -0.15) is 20.5 Å². The first kappa shape index (κ1) is 85.0. The number of nitrogens with zero attached hydrogens (tertiary/aromatic N) is 8. The number of aryl methyl sites for hydroxylation is 4. The maximum atomic E-state index is 5.34. The van der Waals surface area contributed by atoms with E-state index >= 15 is 0 Å². The second-order valence-corrected chi connectivity index (χ2v) is 29.2. The lowest BCUT2D eigenvalue weighted by Crippen LogP contribution is -2.11. The molecule has 0 fully saturated rings. The Balaban J connectivity index is -0.000000428. The predicted octanol–water partition coefficient (Wildman–Crippen LogP) is 21.0. The van der Waals surface area contributed by atoms with E-state index in [4.69, 9.17) is 8.94 Å². The van der Waals surface area contributed by atoms with E-state index in [1.807, 2.05) is 120 Å². The average Bonchev–Trinajstić information content (AvgIpc) is 4.26. The molecule has 0 aliphatic carbocycles. The van der Waals surface area contributed by atoms with Crippen LogP contribution in [0.15, 0.2) is 83.3 Å². The van der Waals surface area contributed by atoms with Crippen LogP contribution in [0.25, 0.3) is 0 Å². The molecule has 84 heavy (non-hydrogen) atoms. The Morgan fingerprint density at radius 3 is 1.23 bits per heavy atom. The summed E-state index contributed by atoms with van der Waals surface area (Å²) in [5.74, 6) is 2.61. The minimum absolute atomic E-state index is 0.0846. The van der Waals surface area contributed by atoms with Crippen LogP contribution in [0.3, 0.4) is 0 Å². The molecular formula is C68H124N12O2S2. The van der Waals surface area contributed by atoms with E-state index in [-0.39, 0.29) is 37.9 Å². The number of hydrogen-bond acceptors (Lipinski definition) is 12. The first-order valence-corrected chi connectivity index (χ1v) is 31.7. The lowest BCUT2D eigenvalue weighted by atomic mass is 9.88. The van der Waals surface area contributed by atoms with Crippen LogP contribution in [0.1, 0.15) is 287 Å². The molecule has 14 nitrogen and oxygen atoms in total. The maximum Gasteiger partial charge on any atom is 0.191 e. The zero-order chi connectivity index (χ0) is 66.7. The number of H-pyrrole nitrogens is 4. The topological polar surface area (TPSA) is 193 Å². The molecule has 0 aliphatic rings. The summed E-state index contributed by atoms with van der Waals surface area (Å²) >= 11 is 3.36. The molecule has 8 heterocycles. The quantitative estimate of drug-likeness (QED) is 0.114. The Hall–Kier alpha value is -5.48. The molecule has 0 amide bonds. The number of thiazole rings is 1. The number of oxazole rings is 1. The lowest BCUT2D eigenvalue weighted by molar-refractivity contribution is 0.392. The number of nitrogens with one attached hydrogen (secondary N) is 4. The Bertz CT molecular complexity index is 2420. The molecular weight excluding hydrogens is 1080 g/mol. The summed E-state index contributed by atoms with van der Waals surface area (Å²) in [4.78, 5) is 21.0. The fraction of sp³-hybridized carbons (Fsp3) is 0.647. The molecule has 0 atom stereocenters. The Morgan fingerprint density at radius 1 is 0.488 bits per heavy atom. The summed E-state index contributed by atoms with van der Waals surface area (Å²) in [6.07, 6.45) is 20.6. The standard InChI is InChI=1S/2C8H13NO.2C8H13NS.C8H13N.2C7H12N2.C6H11N3.4C2H6/c1-6-9-5-7(10-6)8(2,3)4;1-6-7(5-9-10-6)8(2,3)4;1-6-9-5-7(10-6)8(2,3)4;1-6-7(5-9-10-6)8(2,3)4;1-8(2,3)7-4-5-9-6-7;1-7(2,3)6-4-8-5-9-6;1-7(2,3)6-4-8-9-5-6;1-6(2,3)5-4-7-9-8-5;4*1-2/h4*5H,1-4H3;4-6,9H,1-3H3;2*4-5H,1-3H3,(H,8,9);4H,1-3H3,(H,7,8,9);4*1-2H3. The van der Waals surface area contributed by atoms with Gasteiger partial charge in [-0.15, -0.1) is 11.3 Å². The van der Waals surface area contributed by atoms with Crippen LogP contribution in [0, 0.1) is 27.7 Å². The van der Waals surface area contributed by atoms with Crippen LogP contribution in [-0.2, 0) is 43.3 Å². The zero-order valence-electron chi connectivity index (χ0n) is 60.1. The fourth-order valence-corrected chi connectivity index (χ4v) is 7.75. The molecule has 0 aliphatic heterocycles. The van der Waals surface area contributed by atoms with Gasteiger partial charge in [0.2, 0.25) is 0 Å². The molecule has 0 aromatic carbocycles. The van der Waals surface area contributed by atoms with Gasteiger partial charge in [-0.1, -0.05) is 227 Å². The molecule has 8 aromatic heterocycles. The van der Waals surface area contributed by atoms with Gasteiger partial charge in [-0.3, -0.25) is 5.10 Å². The van der Waals surface area contributed by atoms with Crippen molar-refractivity contribution < 1.29 is 8.94 Å². The molecule has 0 saturated carbocycles. The monoisotopic (exact) mass is 1200 g/mol. The molecule has 8 aromatic rings. The minimum atomic E-state index is 0.0846. The number of imidazole rings is 1. The van der Waals surface area contributed by atoms with Crippen LogP contribution >= 0.6 is 22.9 Å². The Kier molecular flexibility index (Phi) is 40.5. The van der Waals surface area contributed by atoms with Crippen molar-refractivity contribution in [3.8, 4) is 0 Å². The molecule has 0 radical (unpaired) electrons. The van der Waals surface area contributed by atoms with Gasteiger partial charge in [0.1, 0.15) is 11.5 Å². The average molecular weight is 1210 g/mol. The zero-order valence-corrected chi connectivity index (χ0v) is 61.8. The van der Waals surface area contributed by atoms with Crippen LogP contribution in [0.2, 0.25) is 0 Å². The van der Waals surface area contributed by atoms with Crippen LogP contribution in [0.4, 0.5) is 0 Å². The molecule has 0 saturated heterocycles. The highest BCUT2D eigenvalue weighted by molar-refractivity contribution is 7.11. The van der Waals surface area contributed by atoms with Crippen molar-refractivity contribution in [2.24, 2.45) is 0 Å². The molecule has 8 rings (SSSR count).